The van der Waals surface area contributed by atoms with E-state index < -0.39 is 9.84 Å². The minimum absolute atomic E-state index is 0.472. The van der Waals surface area contributed by atoms with Crippen molar-refractivity contribution in [1.29, 1.82) is 0 Å². The summed E-state index contributed by atoms with van der Waals surface area (Å²) in [7, 11) is -3.20. The summed E-state index contributed by atoms with van der Waals surface area (Å²) in [6.45, 7) is 2.93. The first-order valence-corrected chi connectivity index (χ1v) is 8.49. The number of hydrogen-bond acceptors (Lipinski definition) is 3. The molecule has 0 aliphatic carbocycles. The standard InChI is InChI=1S/C15H19NO2S/c17-19(18)12-13(14-7-3-4-8-15(14)19)11-16-9-5-1-2-6-10-16/h3-4,7-8,12H,1-2,5-6,9-11H2. The van der Waals surface area contributed by atoms with Crippen molar-refractivity contribution < 1.29 is 8.42 Å². The normalized spacial score (nSPS) is 22.6. The summed E-state index contributed by atoms with van der Waals surface area (Å²) in [5, 5.41) is 1.46. The summed E-state index contributed by atoms with van der Waals surface area (Å²) in [6.07, 6.45) is 5.04. The molecule has 3 rings (SSSR count). The van der Waals surface area contributed by atoms with Crippen molar-refractivity contribution in [2.45, 2.75) is 30.6 Å². The summed E-state index contributed by atoms with van der Waals surface area (Å²) in [5.74, 6) is 0. The van der Waals surface area contributed by atoms with Crippen LogP contribution >= 0.6 is 0 Å². The van der Waals surface area contributed by atoms with E-state index in [4.69, 9.17) is 0 Å². The van der Waals surface area contributed by atoms with E-state index >= 15 is 0 Å². The van der Waals surface area contributed by atoms with Crippen molar-refractivity contribution in [3.63, 3.8) is 0 Å². The summed E-state index contributed by atoms with van der Waals surface area (Å²) < 4.78 is 24.2. The quantitative estimate of drug-likeness (QED) is 0.834. The Kier molecular flexibility index (Phi) is 3.46. The molecule has 0 unspecified atom stereocenters. The maximum Gasteiger partial charge on any atom is 0.200 e. The smallest absolute Gasteiger partial charge is 0.200 e. The molecular weight excluding hydrogens is 258 g/mol. The Morgan fingerprint density at radius 2 is 1.68 bits per heavy atom. The maximum absolute atomic E-state index is 12.1. The fraction of sp³-hybridized carbons (Fsp3) is 0.467. The highest BCUT2D eigenvalue weighted by atomic mass is 32.2. The fourth-order valence-corrected chi connectivity index (χ4v) is 4.43. The van der Waals surface area contributed by atoms with Gasteiger partial charge in [0.1, 0.15) is 0 Å². The van der Waals surface area contributed by atoms with Gasteiger partial charge in [-0.3, -0.25) is 4.90 Å². The molecule has 2 aliphatic heterocycles. The van der Waals surface area contributed by atoms with E-state index in [1.807, 2.05) is 12.1 Å². The van der Waals surface area contributed by atoms with E-state index in [0.29, 0.717) is 4.90 Å². The van der Waals surface area contributed by atoms with Crippen LogP contribution in [0, 0.1) is 0 Å². The molecule has 4 heteroatoms. The van der Waals surface area contributed by atoms with E-state index in [2.05, 4.69) is 4.90 Å². The largest absolute Gasteiger partial charge is 0.299 e. The average molecular weight is 277 g/mol. The van der Waals surface area contributed by atoms with Crippen LogP contribution in [0.4, 0.5) is 0 Å². The van der Waals surface area contributed by atoms with Gasteiger partial charge in [-0.15, -0.1) is 0 Å². The molecule has 0 saturated carbocycles. The molecule has 1 saturated heterocycles. The second kappa shape index (κ2) is 5.10. The monoisotopic (exact) mass is 277 g/mol. The van der Waals surface area contributed by atoms with E-state index in [1.165, 1.54) is 31.1 Å². The molecule has 0 amide bonds. The lowest BCUT2D eigenvalue weighted by Gasteiger charge is -2.20. The third-order valence-electron chi connectivity index (χ3n) is 3.93. The highest BCUT2D eigenvalue weighted by Crippen LogP contribution is 2.33. The van der Waals surface area contributed by atoms with Crippen LogP contribution in [0.5, 0.6) is 0 Å². The second-order valence-electron chi connectivity index (χ2n) is 5.37. The molecule has 102 valence electrons. The number of sulfone groups is 1. The van der Waals surface area contributed by atoms with Gasteiger partial charge >= 0.3 is 0 Å². The van der Waals surface area contributed by atoms with Gasteiger partial charge in [0.05, 0.1) is 4.90 Å². The van der Waals surface area contributed by atoms with Crippen LogP contribution in [0.1, 0.15) is 31.2 Å². The van der Waals surface area contributed by atoms with Crippen molar-refractivity contribution in [1.82, 2.24) is 4.90 Å². The highest BCUT2D eigenvalue weighted by Gasteiger charge is 2.27. The zero-order chi connectivity index (χ0) is 13.3. The second-order valence-corrected chi connectivity index (χ2v) is 7.14. The Bertz CT molecular complexity index is 596. The van der Waals surface area contributed by atoms with Crippen LogP contribution in [0.3, 0.4) is 0 Å². The van der Waals surface area contributed by atoms with Gasteiger partial charge in [0.15, 0.2) is 0 Å². The minimum atomic E-state index is -3.20. The molecule has 3 nitrogen and oxygen atoms in total. The molecule has 0 atom stereocenters. The highest BCUT2D eigenvalue weighted by molar-refractivity contribution is 7.95. The average Bonchev–Trinajstić information content (AvgIpc) is 2.59. The first kappa shape index (κ1) is 12.9. The molecule has 2 aliphatic rings. The Morgan fingerprint density at radius 1 is 1.00 bits per heavy atom. The molecule has 0 N–H and O–H groups in total. The molecule has 0 spiro atoms. The lowest BCUT2D eigenvalue weighted by Crippen LogP contribution is -2.26. The number of hydrogen-bond donors (Lipinski definition) is 0. The first-order valence-electron chi connectivity index (χ1n) is 6.94. The SMILES string of the molecule is O=S1(=O)C=C(CN2CCCCCC2)c2ccccc21. The van der Waals surface area contributed by atoms with Crippen molar-refractivity contribution in [3.8, 4) is 0 Å². The van der Waals surface area contributed by atoms with Gasteiger partial charge in [0.2, 0.25) is 9.84 Å². The molecule has 1 aromatic rings. The van der Waals surface area contributed by atoms with Crippen LogP contribution in [-0.4, -0.2) is 33.0 Å². The zero-order valence-corrected chi connectivity index (χ0v) is 11.8. The number of likely N-dealkylation sites (tertiary alicyclic amines) is 1. The fourth-order valence-electron chi connectivity index (χ4n) is 2.95. The molecule has 2 heterocycles. The van der Waals surface area contributed by atoms with Crippen LogP contribution < -0.4 is 0 Å². The van der Waals surface area contributed by atoms with Gasteiger partial charge in [-0.25, -0.2) is 8.42 Å². The van der Waals surface area contributed by atoms with Crippen LogP contribution in [-0.2, 0) is 9.84 Å². The van der Waals surface area contributed by atoms with Gasteiger partial charge in [-0.2, -0.15) is 0 Å². The lowest BCUT2D eigenvalue weighted by molar-refractivity contribution is 0.320. The van der Waals surface area contributed by atoms with Gasteiger partial charge in [0.25, 0.3) is 0 Å². The van der Waals surface area contributed by atoms with Crippen molar-refractivity contribution in [2.75, 3.05) is 19.6 Å². The van der Waals surface area contributed by atoms with Gasteiger partial charge in [-0.05, 0) is 43.1 Å². The summed E-state index contributed by atoms with van der Waals surface area (Å²) in [4.78, 5) is 2.86. The Labute approximate surface area is 114 Å². The van der Waals surface area contributed by atoms with Crippen LogP contribution in [0.15, 0.2) is 34.6 Å². The van der Waals surface area contributed by atoms with E-state index in [1.54, 1.807) is 12.1 Å². The third-order valence-corrected chi connectivity index (χ3v) is 5.49. The van der Waals surface area contributed by atoms with Gasteiger partial charge in [0, 0.05) is 12.0 Å². The summed E-state index contributed by atoms with van der Waals surface area (Å²) in [6, 6.07) is 7.33. The molecular formula is C15H19NO2S. The van der Waals surface area contributed by atoms with Crippen molar-refractivity contribution in [3.05, 3.63) is 35.2 Å². The molecule has 1 aromatic carbocycles. The van der Waals surface area contributed by atoms with Gasteiger partial charge < -0.3 is 0 Å². The Morgan fingerprint density at radius 3 is 2.42 bits per heavy atom. The van der Waals surface area contributed by atoms with Crippen LogP contribution in [0.2, 0.25) is 0 Å². The summed E-state index contributed by atoms with van der Waals surface area (Å²) in [5.41, 5.74) is 1.85. The topological polar surface area (TPSA) is 37.4 Å². The molecule has 0 bridgehead atoms. The van der Waals surface area contributed by atoms with E-state index in [0.717, 1.165) is 30.8 Å². The first-order chi connectivity index (χ1) is 9.17. The summed E-state index contributed by atoms with van der Waals surface area (Å²) >= 11 is 0. The predicted molar refractivity (Wildman–Crippen MR) is 76.5 cm³/mol. The van der Waals surface area contributed by atoms with E-state index in [-0.39, 0.29) is 0 Å². The maximum atomic E-state index is 12.1. The lowest BCUT2D eigenvalue weighted by atomic mass is 10.1. The number of benzene rings is 1. The predicted octanol–water partition coefficient (Wildman–Crippen LogP) is 2.69. The molecule has 1 fully saturated rings. The number of fused-ring (bicyclic) bond motifs is 1. The number of nitrogens with zero attached hydrogens (tertiary/aromatic N) is 1. The van der Waals surface area contributed by atoms with Crippen LogP contribution in [0.25, 0.3) is 5.57 Å². The zero-order valence-electron chi connectivity index (χ0n) is 11.0. The van der Waals surface area contributed by atoms with Gasteiger partial charge in [-0.1, -0.05) is 31.0 Å². The van der Waals surface area contributed by atoms with Crippen molar-refractivity contribution in [2.24, 2.45) is 0 Å². The molecule has 19 heavy (non-hydrogen) atoms. The Hall–Kier alpha value is -1.13. The van der Waals surface area contributed by atoms with E-state index in [9.17, 15) is 8.42 Å². The Balaban J connectivity index is 1.86. The minimum Gasteiger partial charge on any atom is -0.299 e. The number of rotatable bonds is 2. The molecule has 0 radical (unpaired) electrons. The van der Waals surface area contributed by atoms with Crippen molar-refractivity contribution >= 4 is 15.4 Å². The molecule has 0 aromatic heterocycles. The third kappa shape index (κ3) is 2.60.